The predicted molar refractivity (Wildman–Crippen MR) is 125 cm³/mol. The number of rotatable bonds is 5. The van der Waals surface area contributed by atoms with E-state index in [9.17, 15) is 4.79 Å². The molecule has 3 aromatic carbocycles. The average molecular weight is 528 g/mol. The third kappa shape index (κ3) is 4.41. The molecule has 0 bridgehead atoms. The number of carbonyl (C=O) groups is 1. The fourth-order valence-corrected chi connectivity index (χ4v) is 4.13. The lowest BCUT2D eigenvalue weighted by Gasteiger charge is -2.26. The molecule has 1 aliphatic heterocycles. The summed E-state index contributed by atoms with van der Waals surface area (Å²) < 4.78 is 7.60. The summed E-state index contributed by atoms with van der Waals surface area (Å²) in [4.78, 5) is 13.5. The minimum absolute atomic E-state index is 0.177. The fourth-order valence-electron chi connectivity index (χ4n) is 3.60. The van der Waals surface area contributed by atoms with Gasteiger partial charge in [-0.3, -0.25) is 4.79 Å². The van der Waals surface area contributed by atoms with Crippen molar-refractivity contribution in [2.24, 2.45) is 5.10 Å². The second-order valence-corrected chi connectivity index (χ2v) is 8.87. The summed E-state index contributed by atoms with van der Waals surface area (Å²) in [6.45, 7) is 0. The first-order chi connectivity index (χ1) is 14.6. The van der Waals surface area contributed by atoms with E-state index in [2.05, 4.69) is 31.9 Å². The molecule has 0 aliphatic carbocycles. The maximum atomic E-state index is 13.5. The van der Waals surface area contributed by atoms with Gasteiger partial charge in [-0.2, -0.15) is 5.10 Å². The van der Waals surface area contributed by atoms with E-state index in [0.29, 0.717) is 6.42 Å². The van der Waals surface area contributed by atoms with E-state index in [1.54, 1.807) is 12.1 Å². The third-order valence-electron chi connectivity index (χ3n) is 5.13. The number of amides is 1. The van der Waals surface area contributed by atoms with Gasteiger partial charge < -0.3 is 4.74 Å². The molecule has 0 radical (unpaired) electrons. The van der Waals surface area contributed by atoms with Crippen molar-refractivity contribution >= 4 is 43.5 Å². The van der Waals surface area contributed by atoms with Crippen LogP contribution in [0, 0.1) is 0 Å². The Hall–Kier alpha value is -2.28. The monoisotopic (exact) mass is 526 g/mol. The van der Waals surface area contributed by atoms with Crippen LogP contribution in [0.2, 0.25) is 0 Å². The summed E-state index contributed by atoms with van der Waals surface area (Å²) >= 11 is 6.96. The Bertz CT molecular complexity index is 1050. The van der Waals surface area contributed by atoms with Crippen LogP contribution in [-0.2, 0) is 9.53 Å². The lowest BCUT2D eigenvalue weighted by atomic mass is 9.98. The Morgan fingerprint density at radius 3 is 2.17 bits per heavy atom. The summed E-state index contributed by atoms with van der Waals surface area (Å²) in [5.74, 6) is -0.177. The summed E-state index contributed by atoms with van der Waals surface area (Å²) in [5.41, 5.74) is 3.73. The Morgan fingerprint density at radius 2 is 1.57 bits per heavy atom. The highest BCUT2D eigenvalue weighted by Crippen LogP contribution is 2.36. The van der Waals surface area contributed by atoms with Gasteiger partial charge in [-0.05, 0) is 41.0 Å². The van der Waals surface area contributed by atoms with Gasteiger partial charge in [0.2, 0.25) is 0 Å². The summed E-state index contributed by atoms with van der Waals surface area (Å²) in [6, 6.07) is 25.4. The van der Waals surface area contributed by atoms with Crippen LogP contribution < -0.4 is 0 Å². The van der Waals surface area contributed by atoms with E-state index in [0.717, 1.165) is 31.3 Å². The van der Waals surface area contributed by atoms with Crippen molar-refractivity contribution in [2.45, 2.75) is 18.6 Å². The highest BCUT2D eigenvalue weighted by molar-refractivity contribution is 9.10. The van der Waals surface area contributed by atoms with Crippen LogP contribution >= 0.6 is 31.9 Å². The molecule has 152 valence electrons. The molecule has 0 fully saturated rings. The number of nitrogens with zero attached hydrogens (tertiary/aromatic N) is 2. The van der Waals surface area contributed by atoms with Crippen molar-refractivity contribution < 1.29 is 9.53 Å². The van der Waals surface area contributed by atoms with Crippen LogP contribution in [0.5, 0.6) is 0 Å². The maximum absolute atomic E-state index is 13.5. The number of methoxy groups -OCH3 is 1. The highest BCUT2D eigenvalue weighted by Gasteiger charge is 2.37. The minimum Gasteiger partial charge on any atom is -0.367 e. The van der Waals surface area contributed by atoms with Gasteiger partial charge >= 0.3 is 0 Å². The molecule has 1 amide bonds. The Labute approximate surface area is 192 Å². The van der Waals surface area contributed by atoms with Gasteiger partial charge in [0, 0.05) is 22.5 Å². The number of hydrogen-bond donors (Lipinski definition) is 0. The average Bonchev–Trinajstić information content (AvgIpc) is 3.21. The van der Waals surface area contributed by atoms with Crippen LogP contribution in [0.3, 0.4) is 0 Å². The van der Waals surface area contributed by atoms with Gasteiger partial charge in [-0.1, -0.05) is 86.5 Å². The Kier molecular flexibility index (Phi) is 6.46. The molecule has 1 heterocycles. The van der Waals surface area contributed by atoms with Crippen molar-refractivity contribution in [1.29, 1.82) is 0 Å². The zero-order valence-electron chi connectivity index (χ0n) is 16.3. The van der Waals surface area contributed by atoms with Gasteiger partial charge in [0.15, 0.2) is 6.10 Å². The Balaban J connectivity index is 1.71. The summed E-state index contributed by atoms with van der Waals surface area (Å²) in [7, 11) is 1.56. The van der Waals surface area contributed by atoms with Gasteiger partial charge in [0.25, 0.3) is 5.91 Å². The van der Waals surface area contributed by atoms with Gasteiger partial charge in [-0.15, -0.1) is 0 Å². The fraction of sp³-hybridized carbons (Fsp3) is 0.167. The second-order valence-electron chi connectivity index (χ2n) is 7.03. The molecule has 4 nitrogen and oxygen atoms in total. The van der Waals surface area contributed by atoms with Gasteiger partial charge in [0.05, 0.1) is 11.8 Å². The van der Waals surface area contributed by atoms with Gasteiger partial charge in [-0.25, -0.2) is 5.01 Å². The molecular weight excluding hydrogens is 508 g/mol. The molecule has 0 saturated heterocycles. The summed E-state index contributed by atoms with van der Waals surface area (Å²) in [5, 5.41) is 6.34. The lowest BCUT2D eigenvalue weighted by molar-refractivity contribution is -0.144. The van der Waals surface area contributed by atoms with Crippen molar-refractivity contribution in [3.05, 3.63) is 104 Å². The number of benzene rings is 3. The SMILES string of the molecule is CO[C@H](C(=O)N1N=C(c2ccc(Br)cc2)C[C@@H]1c1ccc(Br)cc1)c1ccccc1. The van der Waals surface area contributed by atoms with Crippen molar-refractivity contribution in [3.63, 3.8) is 0 Å². The number of hydrogen-bond acceptors (Lipinski definition) is 3. The molecule has 0 N–H and O–H groups in total. The molecule has 0 spiro atoms. The quantitative estimate of drug-likeness (QED) is 0.392. The number of hydrazone groups is 1. The molecule has 3 aromatic rings. The highest BCUT2D eigenvalue weighted by atomic mass is 79.9. The molecule has 30 heavy (non-hydrogen) atoms. The zero-order chi connectivity index (χ0) is 21.1. The minimum atomic E-state index is -0.711. The predicted octanol–water partition coefficient (Wildman–Crippen LogP) is 6.28. The van der Waals surface area contributed by atoms with E-state index >= 15 is 0 Å². The van der Waals surface area contributed by atoms with Crippen LogP contribution in [0.15, 0.2) is 92.9 Å². The number of carbonyl (C=O) groups excluding carboxylic acids is 1. The van der Waals surface area contributed by atoms with E-state index in [1.165, 1.54) is 0 Å². The molecular formula is C24H20Br2N2O2. The van der Waals surface area contributed by atoms with Crippen LogP contribution in [-0.4, -0.2) is 23.7 Å². The molecule has 4 rings (SSSR count). The first-order valence-corrected chi connectivity index (χ1v) is 11.1. The molecule has 6 heteroatoms. The van der Waals surface area contributed by atoms with Gasteiger partial charge in [0.1, 0.15) is 0 Å². The van der Waals surface area contributed by atoms with E-state index in [-0.39, 0.29) is 11.9 Å². The molecule has 0 saturated carbocycles. The van der Waals surface area contributed by atoms with Crippen molar-refractivity contribution in [2.75, 3.05) is 7.11 Å². The smallest absolute Gasteiger partial charge is 0.276 e. The molecule has 0 aromatic heterocycles. The second kappa shape index (κ2) is 9.25. The molecule has 0 unspecified atom stereocenters. The topological polar surface area (TPSA) is 41.9 Å². The van der Waals surface area contributed by atoms with Crippen LogP contribution in [0.1, 0.15) is 35.3 Å². The standard InChI is InChI=1S/C24H20Br2N2O2/c1-30-23(18-5-3-2-4-6-18)24(29)28-22(17-9-13-20(26)14-10-17)15-21(27-28)16-7-11-19(25)12-8-16/h2-14,22-23H,15H2,1H3/t22-,23+/m1/s1. The van der Waals surface area contributed by atoms with E-state index in [4.69, 9.17) is 9.84 Å². The van der Waals surface area contributed by atoms with Crippen molar-refractivity contribution in [3.8, 4) is 0 Å². The van der Waals surface area contributed by atoms with E-state index < -0.39 is 6.10 Å². The number of halogens is 2. The first kappa shape index (κ1) is 21.0. The largest absolute Gasteiger partial charge is 0.367 e. The maximum Gasteiger partial charge on any atom is 0.276 e. The number of ether oxygens (including phenoxy) is 1. The van der Waals surface area contributed by atoms with E-state index in [1.807, 2.05) is 78.9 Å². The zero-order valence-corrected chi connectivity index (χ0v) is 19.5. The molecule has 2 atom stereocenters. The normalized spacial score (nSPS) is 17.0. The van der Waals surface area contributed by atoms with Crippen LogP contribution in [0.25, 0.3) is 0 Å². The lowest BCUT2D eigenvalue weighted by Crippen LogP contribution is -2.32. The molecule has 1 aliphatic rings. The van der Waals surface area contributed by atoms with Crippen LogP contribution in [0.4, 0.5) is 0 Å². The van der Waals surface area contributed by atoms with Crippen molar-refractivity contribution in [1.82, 2.24) is 5.01 Å². The summed E-state index contributed by atoms with van der Waals surface area (Å²) in [6.07, 6.45) is -0.0718. The third-order valence-corrected chi connectivity index (χ3v) is 6.19. The first-order valence-electron chi connectivity index (χ1n) is 9.56. The Morgan fingerprint density at radius 1 is 0.967 bits per heavy atom.